The molecule has 1 saturated heterocycles. The molecule has 0 saturated carbocycles. The van der Waals surface area contributed by atoms with E-state index in [1.54, 1.807) is 0 Å². The molecule has 1 fully saturated rings. The topological polar surface area (TPSA) is 123 Å². The van der Waals surface area contributed by atoms with E-state index in [4.69, 9.17) is 5.26 Å². The zero-order valence-electron chi connectivity index (χ0n) is 13.4. The van der Waals surface area contributed by atoms with E-state index in [9.17, 15) is 4.79 Å². The van der Waals surface area contributed by atoms with Gasteiger partial charge in [0.25, 0.3) is 0 Å². The van der Waals surface area contributed by atoms with Gasteiger partial charge in [-0.2, -0.15) is 5.26 Å². The van der Waals surface area contributed by atoms with Crippen LogP contribution in [0.3, 0.4) is 0 Å². The number of piperidine rings is 1. The Morgan fingerprint density at radius 1 is 1.44 bits per heavy atom. The highest BCUT2D eigenvalue weighted by Crippen LogP contribution is 2.30. The third-order valence-corrected chi connectivity index (χ3v) is 4.48. The Balaban J connectivity index is 1.70. The third kappa shape index (κ3) is 2.71. The molecule has 0 aliphatic carbocycles. The molecule has 0 spiro atoms. The van der Waals surface area contributed by atoms with Gasteiger partial charge in [-0.15, -0.1) is 10.2 Å². The number of nitrogens with zero attached hydrogens (tertiary/aromatic N) is 6. The minimum Gasteiger partial charge on any atom is -0.355 e. The van der Waals surface area contributed by atoms with Crippen LogP contribution in [0.1, 0.15) is 12.8 Å². The van der Waals surface area contributed by atoms with Crippen molar-refractivity contribution in [3.8, 4) is 6.07 Å². The fourth-order valence-electron chi connectivity index (χ4n) is 3.32. The predicted octanol–water partition coefficient (Wildman–Crippen LogP) is 0.757. The van der Waals surface area contributed by atoms with Crippen molar-refractivity contribution in [1.29, 1.82) is 5.26 Å². The molecule has 1 aliphatic heterocycles. The molecule has 3 aromatic rings. The Morgan fingerprint density at radius 3 is 3.24 bits per heavy atom. The normalized spacial score (nSPS) is 17.6. The van der Waals surface area contributed by atoms with Crippen LogP contribution in [0.25, 0.3) is 22.1 Å². The molecule has 3 aromatic heterocycles. The largest absolute Gasteiger partial charge is 0.355 e. The van der Waals surface area contributed by atoms with Gasteiger partial charge in [0.15, 0.2) is 11.3 Å². The van der Waals surface area contributed by atoms with Gasteiger partial charge in [-0.05, 0) is 18.9 Å². The zero-order chi connectivity index (χ0) is 17.2. The maximum absolute atomic E-state index is 12.2. The summed E-state index contributed by atoms with van der Waals surface area (Å²) >= 11 is 0. The van der Waals surface area contributed by atoms with Crippen LogP contribution >= 0.6 is 0 Å². The number of rotatable bonds is 3. The number of carbonyl (C=O) groups excluding carboxylic acids is 1. The molecule has 25 heavy (non-hydrogen) atoms. The Kier molecular flexibility index (Phi) is 3.85. The lowest BCUT2D eigenvalue weighted by Crippen LogP contribution is -2.43. The summed E-state index contributed by atoms with van der Waals surface area (Å²) in [5.74, 6) is 0.516. The van der Waals surface area contributed by atoms with Crippen molar-refractivity contribution in [2.24, 2.45) is 5.92 Å². The average molecular weight is 336 g/mol. The van der Waals surface area contributed by atoms with Gasteiger partial charge >= 0.3 is 0 Å². The van der Waals surface area contributed by atoms with Crippen LogP contribution in [0.15, 0.2) is 18.6 Å². The number of nitriles is 1. The molecule has 9 heteroatoms. The van der Waals surface area contributed by atoms with Crippen molar-refractivity contribution in [2.45, 2.75) is 12.8 Å². The number of hydrogen-bond acceptors (Lipinski definition) is 7. The van der Waals surface area contributed by atoms with Gasteiger partial charge in [-0.1, -0.05) is 0 Å². The standard InChI is InChI=1S/C16H16N8O/c17-4-6-19-16(25)10-2-1-7-24(8-10)15-12-11-3-5-18-13(11)22-23-14(12)20-9-21-15/h3,5,9-10H,1-2,6-8H2,(H,18,22)(H,19,25). The van der Waals surface area contributed by atoms with Crippen molar-refractivity contribution in [3.63, 3.8) is 0 Å². The summed E-state index contributed by atoms with van der Waals surface area (Å²) in [5.41, 5.74) is 1.22. The van der Waals surface area contributed by atoms with Crippen molar-refractivity contribution < 1.29 is 4.79 Å². The number of hydrogen-bond donors (Lipinski definition) is 2. The molecule has 0 bridgehead atoms. The second-order valence-corrected chi connectivity index (χ2v) is 6.00. The minimum atomic E-state index is -0.163. The summed E-state index contributed by atoms with van der Waals surface area (Å²) in [6.45, 7) is 1.39. The Hall–Kier alpha value is -3.28. The molecule has 1 atom stereocenters. The van der Waals surface area contributed by atoms with Crippen LogP contribution < -0.4 is 10.2 Å². The van der Waals surface area contributed by atoms with Crippen molar-refractivity contribution in [3.05, 3.63) is 18.6 Å². The first-order valence-corrected chi connectivity index (χ1v) is 8.12. The Bertz CT molecular complexity index is 975. The van der Waals surface area contributed by atoms with E-state index in [1.165, 1.54) is 6.33 Å². The number of anilines is 1. The van der Waals surface area contributed by atoms with E-state index in [-0.39, 0.29) is 18.4 Å². The van der Waals surface area contributed by atoms with Gasteiger partial charge in [-0.25, -0.2) is 9.97 Å². The van der Waals surface area contributed by atoms with E-state index in [1.807, 2.05) is 18.3 Å². The number of aromatic amines is 1. The van der Waals surface area contributed by atoms with Crippen molar-refractivity contribution in [2.75, 3.05) is 24.5 Å². The molecule has 2 N–H and O–H groups in total. The van der Waals surface area contributed by atoms with Gasteiger partial charge < -0.3 is 15.2 Å². The molecule has 0 radical (unpaired) electrons. The first kappa shape index (κ1) is 15.3. The summed E-state index contributed by atoms with van der Waals surface area (Å²) in [5, 5.41) is 21.3. The maximum Gasteiger partial charge on any atom is 0.225 e. The molecular formula is C16H16N8O. The lowest BCUT2D eigenvalue weighted by Gasteiger charge is -2.33. The summed E-state index contributed by atoms with van der Waals surface area (Å²) in [4.78, 5) is 26.1. The van der Waals surface area contributed by atoms with E-state index < -0.39 is 0 Å². The first-order chi connectivity index (χ1) is 12.3. The minimum absolute atomic E-state index is 0.0331. The quantitative estimate of drug-likeness (QED) is 0.677. The second kappa shape index (κ2) is 6.32. The first-order valence-electron chi connectivity index (χ1n) is 8.12. The van der Waals surface area contributed by atoms with Gasteiger partial charge in [-0.3, -0.25) is 4.79 Å². The van der Waals surface area contributed by atoms with Crippen LogP contribution in [0.2, 0.25) is 0 Å². The van der Waals surface area contributed by atoms with E-state index in [0.717, 1.165) is 36.0 Å². The average Bonchev–Trinajstić information content (AvgIpc) is 3.14. The Morgan fingerprint density at radius 2 is 2.36 bits per heavy atom. The lowest BCUT2D eigenvalue weighted by atomic mass is 9.97. The van der Waals surface area contributed by atoms with Crippen LogP contribution in [-0.4, -0.2) is 50.7 Å². The van der Waals surface area contributed by atoms with Gasteiger partial charge in [0, 0.05) is 24.7 Å². The molecule has 1 aliphatic rings. The summed E-state index contributed by atoms with van der Waals surface area (Å²) in [6.07, 6.45) is 4.97. The van der Waals surface area contributed by atoms with Gasteiger partial charge in [0.05, 0.1) is 17.4 Å². The smallest absolute Gasteiger partial charge is 0.225 e. The van der Waals surface area contributed by atoms with Gasteiger partial charge in [0.2, 0.25) is 5.91 Å². The molecule has 9 nitrogen and oxygen atoms in total. The van der Waals surface area contributed by atoms with Gasteiger partial charge in [0.1, 0.15) is 18.7 Å². The number of fused-ring (bicyclic) bond motifs is 3. The molecule has 1 unspecified atom stereocenters. The maximum atomic E-state index is 12.2. The number of nitrogens with one attached hydrogen (secondary N) is 2. The molecule has 126 valence electrons. The summed E-state index contributed by atoms with van der Waals surface area (Å²) in [7, 11) is 0. The number of H-pyrrole nitrogens is 1. The molecule has 4 rings (SSSR count). The summed E-state index contributed by atoms with van der Waals surface area (Å²) in [6, 6.07) is 3.87. The second-order valence-electron chi connectivity index (χ2n) is 6.00. The molecule has 1 amide bonds. The zero-order valence-corrected chi connectivity index (χ0v) is 13.4. The van der Waals surface area contributed by atoms with Crippen LogP contribution in [0.4, 0.5) is 5.82 Å². The number of aromatic nitrogens is 5. The Labute approximate surface area is 143 Å². The molecule has 0 aromatic carbocycles. The highest BCUT2D eigenvalue weighted by molar-refractivity contribution is 6.07. The van der Waals surface area contributed by atoms with Crippen LogP contribution in [-0.2, 0) is 4.79 Å². The molecular weight excluding hydrogens is 320 g/mol. The molecule has 4 heterocycles. The van der Waals surface area contributed by atoms with E-state index in [2.05, 4.69) is 35.4 Å². The highest BCUT2D eigenvalue weighted by atomic mass is 16.1. The van der Waals surface area contributed by atoms with Crippen LogP contribution in [0.5, 0.6) is 0 Å². The third-order valence-electron chi connectivity index (χ3n) is 4.48. The lowest BCUT2D eigenvalue weighted by molar-refractivity contribution is -0.125. The van der Waals surface area contributed by atoms with Crippen molar-refractivity contribution >= 4 is 33.8 Å². The number of amides is 1. The monoisotopic (exact) mass is 336 g/mol. The fraction of sp³-hybridized carbons (Fsp3) is 0.375. The van der Waals surface area contributed by atoms with Crippen LogP contribution in [0, 0.1) is 17.2 Å². The highest BCUT2D eigenvalue weighted by Gasteiger charge is 2.28. The van der Waals surface area contributed by atoms with Crippen molar-refractivity contribution in [1.82, 2.24) is 30.5 Å². The van der Waals surface area contributed by atoms with E-state index in [0.29, 0.717) is 17.8 Å². The fourth-order valence-corrected chi connectivity index (χ4v) is 3.32. The predicted molar refractivity (Wildman–Crippen MR) is 90.5 cm³/mol. The van der Waals surface area contributed by atoms with E-state index >= 15 is 0 Å². The number of carbonyl (C=O) groups is 1. The SMILES string of the molecule is N#CCNC(=O)C1CCCN(c2ncnc3nnc4[nH]ccc4c23)C1. The summed E-state index contributed by atoms with van der Waals surface area (Å²) < 4.78 is 0.